The number of benzene rings is 1. The van der Waals surface area contributed by atoms with E-state index in [9.17, 15) is 0 Å². The van der Waals surface area contributed by atoms with Crippen LogP contribution >= 0.6 is 23.2 Å². The van der Waals surface area contributed by atoms with E-state index >= 15 is 0 Å². The van der Waals surface area contributed by atoms with E-state index in [0.29, 0.717) is 16.9 Å². The number of para-hydroxylation sites is 1. The first-order chi connectivity index (χ1) is 9.54. The SMILES string of the molecule is CC(C)N(C)CCn1c(CCCl)nc2c(Cl)cccc21. The van der Waals surface area contributed by atoms with Gasteiger partial charge >= 0.3 is 0 Å². The topological polar surface area (TPSA) is 21.1 Å². The minimum atomic E-state index is 0.532. The lowest BCUT2D eigenvalue weighted by Gasteiger charge is -2.21. The van der Waals surface area contributed by atoms with Crippen LogP contribution in [0.1, 0.15) is 19.7 Å². The summed E-state index contributed by atoms with van der Waals surface area (Å²) < 4.78 is 2.24. The molecule has 0 aliphatic carbocycles. The van der Waals surface area contributed by atoms with Crippen LogP contribution in [-0.2, 0) is 13.0 Å². The highest BCUT2D eigenvalue weighted by Gasteiger charge is 2.13. The number of fused-ring (bicyclic) bond motifs is 1. The first-order valence-electron chi connectivity index (χ1n) is 6.94. The van der Waals surface area contributed by atoms with Crippen LogP contribution in [0.2, 0.25) is 5.02 Å². The Bertz CT molecular complexity index is 578. The number of hydrogen-bond donors (Lipinski definition) is 0. The summed E-state index contributed by atoms with van der Waals surface area (Å²) in [5.41, 5.74) is 1.97. The number of hydrogen-bond acceptors (Lipinski definition) is 2. The molecular formula is C15H21Cl2N3. The molecular weight excluding hydrogens is 293 g/mol. The number of alkyl halides is 1. The third kappa shape index (κ3) is 3.27. The van der Waals surface area contributed by atoms with Crippen molar-refractivity contribution in [2.45, 2.75) is 32.9 Å². The Morgan fingerprint density at radius 1 is 1.35 bits per heavy atom. The monoisotopic (exact) mass is 313 g/mol. The van der Waals surface area contributed by atoms with Crippen molar-refractivity contribution in [3.05, 3.63) is 29.0 Å². The van der Waals surface area contributed by atoms with Crippen LogP contribution in [0, 0.1) is 0 Å². The van der Waals surface area contributed by atoms with Crippen LogP contribution in [0.4, 0.5) is 0 Å². The van der Waals surface area contributed by atoms with Crippen molar-refractivity contribution in [3.8, 4) is 0 Å². The number of nitrogens with zero attached hydrogens (tertiary/aromatic N) is 3. The minimum absolute atomic E-state index is 0.532. The van der Waals surface area contributed by atoms with E-state index in [0.717, 1.165) is 36.4 Å². The fourth-order valence-electron chi connectivity index (χ4n) is 2.20. The molecule has 0 saturated carbocycles. The van der Waals surface area contributed by atoms with Crippen molar-refractivity contribution in [1.82, 2.24) is 14.5 Å². The third-order valence-corrected chi connectivity index (χ3v) is 4.18. The van der Waals surface area contributed by atoms with Gasteiger partial charge in [0.1, 0.15) is 11.3 Å². The summed E-state index contributed by atoms with van der Waals surface area (Å²) in [6.07, 6.45) is 0.762. The first kappa shape index (κ1) is 15.6. The van der Waals surface area contributed by atoms with Gasteiger partial charge in [-0.05, 0) is 33.0 Å². The van der Waals surface area contributed by atoms with Gasteiger partial charge in [-0.15, -0.1) is 11.6 Å². The predicted octanol–water partition coefficient (Wildman–Crippen LogP) is 3.81. The first-order valence-corrected chi connectivity index (χ1v) is 7.85. The Morgan fingerprint density at radius 3 is 2.75 bits per heavy atom. The zero-order chi connectivity index (χ0) is 14.7. The lowest BCUT2D eigenvalue weighted by atomic mass is 10.3. The van der Waals surface area contributed by atoms with E-state index in [1.165, 1.54) is 0 Å². The van der Waals surface area contributed by atoms with Crippen LogP contribution in [0.15, 0.2) is 18.2 Å². The van der Waals surface area contributed by atoms with Gasteiger partial charge in [0.05, 0.1) is 10.5 Å². The summed E-state index contributed by atoms with van der Waals surface area (Å²) in [5, 5.41) is 0.703. The summed E-state index contributed by atoms with van der Waals surface area (Å²) in [6, 6.07) is 6.46. The third-order valence-electron chi connectivity index (χ3n) is 3.68. The zero-order valence-electron chi connectivity index (χ0n) is 12.2. The molecule has 1 heterocycles. The second kappa shape index (κ2) is 6.79. The molecule has 0 unspecified atom stereocenters. The van der Waals surface area contributed by atoms with Crippen molar-refractivity contribution in [1.29, 1.82) is 0 Å². The summed E-state index contributed by atoms with van der Waals surface area (Å²) in [6.45, 7) is 6.27. The van der Waals surface area contributed by atoms with Crippen LogP contribution in [0.25, 0.3) is 11.0 Å². The quantitative estimate of drug-likeness (QED) is 0.756. The molecule has 0 fully saturated rings. The van der Waals surface area contributed by atoms with Gasteiger partial charge in [-0.25, -0.2) is 4.98 Å². The average Bonchev–Trinajstić information content (AvgIpc) is 2.76. The molecule has 0 radical (unpaired) electrons. The van der Waals surface area contributed by atoms with E-state index in [2.05, 4.69) is 41.4 Å². The van der Waals surface area contributed by atoms with Gasteiger partial charge in [-0.2, -0.15) is 0 Å². The Kier molecular flexibility index (Phi) is 5.30. The largest absolute Gasteiger partial charge is 0.327 e. The van der Waals surface area contributed by atoms with Crippen LogP contribution < -0.4 is 0 Å². The second-order valence-electron chi connectivity index (χ2n) is 5.30. The average molecular weight is 314 g/mol. The van der Waals surface area contributed by atoms with Gasteiger partial charge in [0.2, 0.25) is 0 Å². The fourth-order valence-corrected chi connectivity index (χ4v) is 2.58. The zero-order valence-corrected chi connectivity index (χ0v) is 13.7. The molecule has 20 heavy (non-hydrogen) atoms. The van der Waals surface area contributed by atoms with Gasteiger partial charge in [-0.3, -0.25) is 0 Å². The molecule has 1 aromatic carbocycles. The number of rotatable bonds is 6. The molecule has 0 saturated heterocycles. The Balaban J connectivity index is 2.34. The van der Waals surface area contributed by atoms with Crippen molar-refractivity contribution in [2.75, 3.05) is 19.5 Å². The van der Waals surface area contributed by atoms with E-state index in [1.807, 2.05) is 12.1 Å². The molecule has 0 amide bonds. The van der Waals surface area contributed by atoms with Gasteiger partial charge in [-0.1, -0.05) is 17.7 Å². The van der Waals surface area contributed by atoms with Crippen LogP contribution in [0.3, 0.4) is 0 Å². The highest BCUT2D eigenvalue weighted by Crippen LogP contribution is 2.24. The van der Waals surface area contributed by atoms with Crippen molar-refractivity contribution >= 4 is 34.2 Å². The lowest BCUT2D eigenvalue weighted by Crippen LogP contribution is -2.30. The van der Waals surface area contributed by atoms with E-state index in [4.69, 9.17) is 23.2 Å². The number of likely N-dealkylation sites (N-methyl/N-ethyl adjacent to an activating group) is 1. The van der Waals surface area contributed by atoms with Gasteiger partial charge < -0.3 is 9.47 Å². The molecule has 0 aliphatic heterocycles. The van der Waals surface area contributed by atoms with Crippen molar-refractivity contribution < 1.29 is 0 Å². The molecule has 2 aromatic rings. The van der Waals surface area contributed by atoms with Gasteiger partial charge in [0, 0.05) is 31.4 Å². The molecule has 0 spiro atoms. The molecule has 0 bridgehead atoms. The normalized spacial score (nSPS) is 11.9. The highest BCUT2D eigenvalue weighted by atomic mass is 35.5. The number of imidazole rings is 1. The number of aryl methyl sites for hydroxylation is 1. The number of halogens is 2. The van der Waals surface area contributed by atoms with Gasteiger partial charge in [0.15, 0.2) is 0 Å². The predicted molar refractivity (Wildman–Crippen MR) is 86.9 cm³/mol. The molecule has 2 rings (SSSR count). The lowest BCUT2D eigenvalue weighted by molar-refractivity contribution is 0.263. The summed E-state index contributed by atoms with van der Waals surface area (Å²) in [4.78, 5) is 6.97. The standard InChI is InChI=1S/C15H21Cl2N3/c1-11(2)19(3)9-10-20-13-6-4-5-12(17)15(13)18-14(20)7-8-16/h4-6,11H,7-10H2,1-3H3. The van der Waals surface area contributed by atoms with Crippen molar-refractivity contribution in [3.63, 3.8) is 0 Å². The summed E-state index contributed by atoms with van der Waals surface area (Å²) >= 11 is 12.1. The second-order valence-corrected chi connectivity index (χ2v) is 6.09. The maximum absolute atomic E-state index is 6.24. The molecule has 0 atom stereocenters. The summed E-state index contributed by atoms with van der Waals surface area (Å²) in [5.74, 6) is 1.58. The van der Waals surface area contributed by atoms with Crippen LogP contribution in [0.5, 0.6) is 0 Å². The molecule has 0 aliphatic rings. The maximum atomic E-state index is 6.24. The Hall–Kier alpha value is -0.770. The van der Waals surface area contributed by atoms with Crippen LogP contribution in [-0.4, -0.2) is 40.0 Å². The minimum Gasteiger partial charge on any atom is -0.327 e. The van der Waals surface area contributed by atoms with E-state index < -0.39 is 0 Å². The van der Waals surface area contributed by atoms with Crippen molar-refractivity contribution in [2.24, 2.45) is 0 Å². The summed E-state index contributed by atoms with van der Waals surface area (Å²) in [7, 11) is 2.14. The van der Waals surface area contributed by atoms with Gasteiger partial charge in [0.25, 0.3) is 0 Å². The molecule has 110 valence electrons. The highest BCUT2D eigenvalue weighted by molar-refractivity contribution is 6.34. The molecule has 5 heteroatoms. The molecule has 0 N–H and O–H groups in total. The Labute approximate surface area is 130 Å². The smallest absolute Gasteiger partial charge is 0.111 e. The fraction of sp³-hybridized carbons (Fsp3) is 0.533. The maximum Gasteiger partial charge on any atom is 0.111 e. The van der Waals surface area contributed by atoms with E-state index in [1.54, 1.807) is 0 Å². The molecule has 3 nitrogen and oxygen atoms in total. The van der Waals surface area contributed by atoms with E-state index in [-0.39, 0.29) is 0 Å². The molecule has 1 aromatic heterocycles. The Morgan fingerprint density at radius 2 is 2.10 bits per heavy atom. The number of aromatic nitrogens is 2.